The molecule has 120 valence electrons. The van der Waals surface area contributed by atoms with Gasteiger partial charge in [-0.25, -0.2) is 8.42 Å². The van der Waals surface area contributed by atoms with E-state index >= 15 is 0 Å². The van der Waals surface area contributed by atoms with Gasteiger partial charge in [0.1, 0.15) is 0 Å². The number of hydrogen-bond donors (Lipinski definition) is 1. The highest BCUT2D eigenvalue weighted by Gasteiger charge is 2.21. The number of likely N-dealkylation sites (N-methyl/N-ethyl adjacent to an activating group) is 1. The van der Waals surface area contributed by atoms with Gasteiger partial charge in [-0.3, -0.25) is 0 Å². The Balaban J connectivity index is 3.06. The highest BCUT2D eigenvalue weighted by atomic mass is 32.2. The summed E-state index contributed by atoms with van der Waals surface area (Å²) < 4.78 is 31.3. The Labute approximate surface area is 128 Å². The average Bonchev–Trinajstić information content (AvgIpc) is 2.49. The predicted molar refractivity (Wildman–Crippen MR) is 84.9 cm³/mol. The maximum Gasteiger partial charge on any atom is 0.242 e. The standard InChI is InChI=1S/C15H26N2O3S/c1-5-13-7-8-15(11-14(13)12-16-6-2)21(18,19)17(3)9-10-20-4/h7-8,11,16H,5-6,9-10,12H2,1-4H3. The molecule has 5 nitrogen and oxygen atoms in total. The van der Waals surface area contributed by atoms with E-state index in [9.17, 15) is 8.42 Å². The summed E-state index contributed by atoms with van der Waals surface area (Å²) in [5, 5.41) is 3.25. The first-order valence-corrected chi connectivity index (χ1v) is 8.69. The molecular formula is C15H26N2O3S. The van der Waals surface area contributed by atoms with E-state index in [2.05, 4.69) is 12.2 Å². The van der Waals surface area contributed by atoms with Gasteiger partial charge in [-0.1, -0.05) is 19.9 Å². The molecule has 0 radical (unpaired) electrons. The van der Waals surface area contributed by atoms with Crippen molar-refractivity contribution in [2.24, 2.45) is 0 Å². The zero-order valence-electron chi connectivity index (χ0n) is 13.3. The van der Waals surface area contributed by atoms with Crippen LogP contribution in [-0.4, -0.2) is 46.6 Å². The number of aryl methyl sites for hydroxylation is 1. The molecule has 0 saturated heterocycles. The Kier molecular flexibility index (Phi) is 7.31. The van der Waals surface area contributed by atoms with Crippen LogP contribution in [0.2, 0.25) is 0 Å². The fraction of sp³-hybridized carbons (Fsp3) is 0.600. The third-order valence-corrected chi connectivity index (χ3v) is 5.30. The molecule has 1 aromatic rings. The SMILES string of the molecule is CCNCc1cc(S(=O)(=O)N(C)CCOC)ccc1CC. The molecule has 0 bridgehead atoms. The van der Waals surface area contributed by atoms with Gasteiger partial charge < -0.3 is 10.1 Å². The second kappa shape index (κ2) is 8.48. The van der Waals surface area contributed by atoms with Gasteiger partial charge in [0.05, 0.1) is 11.5 Å². The van der Waals surface area contributed by atoms with Crippen molar-refractivity contribution in [3.63, 3.8) is 0 Å². The zero-order chi connectivity index (χ0) is 15.9. The molecule has 0 saturated carbocycles. The topological polar surface area (TPSA) is 58.6 Å². The summed E-state index contributed by atoms with van der Waals surface area (Å²) >= 11 is 0. The van der Waals surface area contributed by atoms with E-state index in [-0.39, 0.29) is 0 Å². The van der Waals surface area contributed by atoms with Crippen molar-refractivity contribution < 1.29 is 13.2 Å². The van der Waals surface area contributed by atoms with E-state index in [1.807, 2.05) is 13.0 Å². The summed E-state index contributed by atoms with van der Waals surface area (Å²) in [7, 11) is -0.322. The van der Waals surface area contributed by atoms with Crippen LogP contribution < -0.4 is 5.32 Å². The quantitative estimate of drug-likeness (QED) is 0.752. The number of hydrogen-bond acceptors (Lipinski definition) is 4. The van der Waals surface area contributed by atoms with Crippen molar-refractivity contribution in [1.29, 1.82) is 0 Å². The van der Waals surface area contributed by atoms with Gasteiger partial charge in [-0.2, -0.15) is 4.31 Å². The third kappa shape index (κ3) is 4.78. The van der Waals surface area contributed by atoms with E-state index in [0.29, 0.717) is 24.6 Å². The van der Waals surface area contributed by atoms with Crippen LogP contribution in [0.5, 0.6) is 0 Å². The minimum absolute atomic E-state index is 0.339. The molecule has 0 spiro atoms. The predicted octanol–water partition coefficient (Wildman–Crippen LogP) is 1.63. The molecule has 0 atom stereocenters. The van der Waals surface area contributed by atoms with E-state index in [1.165, 1.54) is 9.87 Å². The number of rotatable bonds is 9. The highest BCUT2D eigenvalue weighted by molar-refractivity contribution is 7.89. The smallest absolute Gasteiger partial charge is 0.242 e. The maximum atomic E-state index is 12.5. The largest absolute Gasteiger partial charge is 0.383 e. The van der Waals surface area contributed by atoms with Gasteiger partial charge in [0, 0.05) is 27.2 Å². The maximum absolute atomic E-state index is 12.5. The van der Waals surface area contributed by atoms with Gasteiger partial charge in [-0.15, -0.1) is 0 Å². The molecule has 0 aliphatic rings. The number of ether oxygens (including phenoxy) is 1. The number of nitrogens with zero attached hydrogens (tertiary/aromatic N) is 1. The summed E-state index contributed by atoms with van der Waals surface area (Å²) in [6, 6.07) is 5.37. The highest BCUT2D eigenvalue weighted by Crippen LogP contribution is 2.19. The second-order valence-corrected chi connectivity index (χ2v) is 6.93. The number of methoxy groups -OCH3 is 1. The van der Waals surface area contributed by atoms with Gasteiger partial charge in [0.25, 0.3) is 0 Å². The van der Waals surface area contributed by atoms with Gasteiger partial charge in [-0.05, 0) is 36.2 Å². The second-order valence-electron chi connectivity index (χ2n) is 4.88. The fourth-order valence-electron chi connectivity index (χ4n) is 2.05. The molecule has 0 fully saturated rings. The van der Waals surface area contributed by atoms with Crippen LogP contribution in [-0.2, 0) is 27.7 Å². The van der Waals surface area contributed by atoms with Crippen LogP contribution in [0.15, 0.2) is 23.1 Å². The van der Waals surface area contributed by atoms with Crippen molar-refractivity contribution in [2.45, 2.75) is 31.7 Å². The third-order valence-electron chi connectivity index (χ3n) is 3.44. The average molecular weight is 314 g/mol. The molecule has 0 unspecified atom stereocenters. The normalized spacial score (nSPS) is 12.0. The molecule has 0 aliphatic heterocycles. The lowest BCUT2D eigenvalue weighted by Gasteiger charge is -2.18. The molecule has 6 heteroatoms. The lowest BCUT2D eigenvalue weighted by molar-refractivity contribution is 0.185. The summed E-state index contributed by atoms with van der Waals surface area (Å²) in [6.07, 6.45) is 0.889. The number of benzene rings is 1. The number of nitrogens with one attached hydrogen (secondary N) is 1. The molecule has 1 rings (SSSR count). The first-order valence-electron chi connectivity index (χ1n) is 7.25. The Morgan fingerprint density at radius 2 is 1.95 bits per heavy atom. The lowest BCUT2D eigenvalue weighted by atomic mass is 10.1. The molecular weight excluding hydrogens is 288 g/mol. The molecule has 0 aliphatic carbocycles. The molecule has 21 heavy (non-hydrogen) atoms. The van der Waals surface area contributed by atoms with E-state index < -0.39 is 10.0 Å². The number of sulfonamides is 1. The van der Waals surface area contributed by atoms with Crippen LogP contribution in [0, 0.1) is 0 Å². The van der Waals surface area contributed by atoms with Crippen LogP contribution in [0.1, 0.15) is 25.0 Å². The van der Waals surface area contributed by atoms with E-state index in [0.717, 1.165) is 18.5 Å². The van der Waals surface area contributed by atoms with Crippen molar-refractivity contribution in [3.8, 4) is 0 Å². The van der Waals surface area contributed by atoms with Gasteiger partial charge >= 0.3 is 0 Å². The zero-order valence-corrected chi connectivity index (χ0v) is 14.2. The van der Waals surface area contributed by atoms with Gasteiger partial charge in [0.15, 0.2) is 0 Å². The van der Waals surface area contributed by atoms with Crippen LogP contribution in [0.4, 0.5) is 0 Å². The minimum Gasteiger partial charge on any atom is -0.383 e. The Bertz CT molecular complexity index is 544. The molecule has 0 heterocycles. The Morgan fingerprint density at radius 3 is 2.52 bits per heavy atom. The molecule has 1 aromatic carbocycles. The summed E-state index contributed by atoms with van der Waals surface area (Å²) in [4.78, 5) is 0.339. The first kappa shape index (κ1) is 18.1. The van der Waals surface area contributed by atoms with Gasteiger partial charge in [0.2, 0.25) is 10.0 Å². The lowest BCUT2D eigenvalue weighted by Crippen LogP contribution is -2.30. The van der Waals surface area contributed by atoms with Crippen molar-refractivity contribution in [2.75, 3.05) is 33.9 Å². The van der Waals surface area contributed by atoms with Crippen molar-refractivity contribution >= 4 is 10.0 Å². The monoisotopic (exact) mass is 314 g/mol. The van der Waals surface area contributed by atoms with E-state index in [1.54, 1.807) is 26.3 Å². The fourth-order valence-corrected chi connectivity index (χ4v) is 3.26. The molecule has 0 amide bonds. The van der Waals surface area contributed by atoms with Crippen LogP contribution in [0.3, 0.4) is 0 Å². The molecule has 0 aromatic heterocycles. The molecule has 1 N–H and O–H groups in total. The van der Waals surface area contributed by atoms with Crippen LogP contribution >= 0.6 is 0 Å². The van der Waals surface area contributed by atoms with Crippen LogP contribution in [0.25, 0.3) is 0 Å². The Hall–Kier alpha value is -0.950. The summed E-state index contributed by atoms with van der Waals surface area (Å²) in [5.74, 6) is 0. The van der Waals surface area contributed by atoms with Crippen molar-refractivity contribution in [3.05, 3.63) is 29.3 Å². The van der Waals surface area contributed by atoms with Crippen molar-refractivity contribution in [1.82, 2.24) is 9.62 Å². The minimum atomic E-state index is -3.46. The first-order chi connectivity index (χ1) is 9.97. The Morgan fingerprint density at radius 1 is 1.24 bits per heavy atom. The van der Waals surface area contributed by atoms with E-state index in [4.69, 9.17) is 4.74 Å². The summed E-state index contributed by atoms with van der Waals surface area (Å²) in [6.45, 7) is 6.37. The summed E-state index contributed by atoms with van der Waals surface area (Å²) in [5.41, 5.74) is 2.22.